The van der Waals surface area contributed by atoms with Gasteiger partial charge in [-0.1, -0.05) is 109 Å². The standard InChI is InChI=1S/C45H31N3OS/c1-3-13-41-33(9-1)36-27-35(45-43(44(36)49-41)34-10-2-4-14-42(34)50-45)31-21-19-29(20-22-31)28-15-17-30(18-16-28)32-25-39(37-11-5-7-23-46-37)48-40(26-32)38-12-6-8-24-47-38/h1-27,37-38,46-47H. The monoisotopic (exact) mass is 661 g/mol. The van der Waals surface area contributed by atoms with Crippen LogP contribution in [0, 0.1) is 0 Å². The summed E-state index contributed by atoms with van der Waals surface area (Å²) in [5.74, 6) is 0. The van der Waals surface area contributed by atoms with Crippen molar-refractivity contribution < 1.29 is 4.42 Å². The quantitative estimate of drug-likeness (QED) is 0.193. The normalized spacial score (nSPS) is 16.8. The highest BCUT2D eigenvalue weighted by molar-refractivity contribution is 7.26. The molecule has 238 valence electrons. The van der Waals surface area contributed by atoms with Gasteiger partial charge >= 0.3 is 0 Å². The van der Waals surface area contributed by atoms with Crippen molar-refractivity contribution in [3.63, 3.8) is 0 Å². The molecular formula is C45H31N3OS. The van der Waals surface area contributed by atoms with Crippen molar-refractivity contribution in [2.45, 2.75) is 12.1 Å². The van der Waals surface area contributed by atoms with Crippen LogP contribution in [-0.4, -0.2) is 4.98 Å². The van der Waals surface area contributed by atoms with Gasteiger partial charge in [-0.25, -0.2) is 0 Å². The molecule has 2 N–H and O–H groups in total. The average Bonchev–Trinajstić information content (AvgIpc) is 3.77. The minimum Gasteiger partial charge on any atom is -0.455 e. The summed E-state index contributed by atoms with van der Waals surface area (Å²) in [7, 11) is 0. The Balaban J connectivity index is 1.01. The van der Waals surface area contributed by atoms with Gasteiger partial charge in [0, 0.05) is 36.5 Å². The summed E-state index contributed by atoms with van der Waals surface area (Å²) in [5.41, 5.74) is 11.0. The predicted octanol–water partition coefficient (Wildman–Crippen LogP) is 11.8. The molecule has 0 saturated carbocycles. The lowest BCUT2D eigenvalue weighted by atomic mass is 9.95. The topological polar surface area (TPSA) is 50.1 Å². The first-order valence-electron chi connectivity index (χ1n) is 16.9. The Morgan fingerprint density at radius 2 is 1.12 bits per heavy atom. The molecule has 5 heterocycles. The fraction of sp³-hybridized carbons (Fsp3) is 0.0444. The maximum absolute atomic E-state index is 6.50. The molecule has 50 heavy (non-hydrogen) atoms. The van der Waals surface area contributed by atoms with Crippen molar-refractivity contribution in [3.05, 3.63) is 176 Å². The lowest BCUT2D eigenvalue weighted by molar-refractivity contribution is 0.673. The van der Waals surface area contributed by atoms with E-state index in [2.05, 4.69) is 144 Å². The Bertz CT molecular complexity index is 2660. The summed E-state index contributed by atoms with van der Waals surface area (Å²) in [6.45, 7) is 0. The number of thiophene rings is 1. The van der Waals surface area contributed by atoms with Gasteiger partial charge in [0.05, 0.1) is 23.5 Å². The van der Waals surface area contributed by atoms with E-state index in [1.807, 2.05) is 42.0 Å². The van der Waals surface area contributed by atoms with Crippen LogP contribution in [0.25, 0.3) is 75.5 Å². The average molecular weight is 662 g/mol. The second-order valence-corrected chi connectivity index (χ2v) is 13.9. The van der Waals surface area contributed by atoms with E-state index in [4.69, 9.17) is 9.40 Å². The minimum atomic E-state index is 0.0290. The van der Waals surface area contributed by atoms with Crippen LogP contribution in [0.15, 0.2) is 169 Å². The fourth-order valence-corrected chi connectivity index (χ4v) is 8.53. The molecule has 2 aliphatic rings. The van der Waals surface area contributed by atoms with Crippen LogP contribution in [-0.2, 0) is 0 Å². The number of para-hydroxylation sites is 1. The van der Waals surface area contributed by atoms with E-state index in [1.54, 1.807) is 0 Å². The summed E-state index contributed by atoms with van der Waals surface area (Å²) in [5, 5.41) is 11.6. The van der Waals surface area contributed by atoms with Gasteiger partial charge in [0.1, 0.15) is 11.2 Å². The van der Waals surface area contributed by atoms with Crippen LogP contribution in [0.5, 0.6) is 0 Å². The molecule has 3 aromatic heterocycles. The van der Waals surface area contributed by atoms with Crippen molar-refractivity contribution >= 4 is 53.4 Å². The van der Waals surface area contributed by atoms with E-state index in [-0.39, 0.29) is 12.1 Å². The number of pyridine rings is 1. The van der Waals surface area contributed by atoms with E-state index >= 15 is 0 Å². The molecule has 5 aromatic carbocycles. The van der Waals surface area contributed by atoms with Crippen LogP contribution in [0.2, 0.25) is 0 Å². The molecular weight excluding hydrogens is 631 g/mol. The van der Waals surface area contributed by atoms with Crippen molar-refractivity contribution in [3.8, 4) is 33.4 Å². The number of nitrogens with zero attached hydrogens (tertiary/aromatic N) is 1. The molecule has 0 bridgehead atoms. The maximum atomic E-state index is 6.50. The summed E-state index contributed by atoms with van der Waals surface area (Å²) in [4.78, 5) is 5.06. The lowest BCUT2D eigenvalue weighted by Crippen LogP contribution is -2.20. The third-order valence-electron chi connectivity index (χ3n) is 9.81. The molecule has 4 nitrogen and oxygen atoms in total. The number of benzene rings is 5. The van der Waals surface area contributed by atoms with Gasteiger partial charge in [-0.3, -0.25) is 4.98 Å². The molecule has 10 rings (SSSR count). The Hall–Kier alpha value is -6.17. The summed E-state index contributed by atoms with van der Waals surface area (Å²) in [6, 6.07) is 41.7. The van der Waals surface area contributed by atoms with Gasteiger partial charge in [0.2, 0.25) is 0 Å². The zero-order valence-corrected chi connectivity index (χ0v) is 27.8. The van der Waals surface area contributed by atoms with Crippen molar-refractivity contribution in [2.24, 2.45) is 0 Å². The number of hydrogen-bond acceptors (Lipinski definition) is 5. The van der Waals surface area contributed by atoms with E-state index in [9.17, 15) is 0 Å². The molecule has 2 aliphatic heterocycles. The third-order valence-corrected chi connectivity index (χ3v) is 11.0. The van der Waals surface area contributed by atoms with Crippen molar-refractivity contribution in [2.75, 3.05) is 0 Å². The maximum Gasteiger partial charge on any atom is 0.144 e. The fourth-order valence-electron chi connectivity index (χ4n) is 7.29. The molecule has 2 atom stereocenters. The SMILES string of the molecule is C1=CNC(c2cc(-c3ccc(-c4ccc(-c5cc6c7ccccc7oc6c6c5sc5ccccc56)cc4)cc3)cc(C3C=CC=CN3)n2)C=C1. The Kier molecular flexibility index (Phi) is 6.78. The number of allylic oxidation sites excluding steroid dienone is 4. The van der Waals surface area contributed by atoms with Crippen molar-refractivity contribution in [1.29, 1.82) is 0 Å². The van der Waals surface area contributed by atoms with E-state index in [0.717, 1.165) is 44.5 Å². The highest BCUT2D eigenvalue weighted by Crippen LogP contribution is 2.46. The number of rotatable bonds is 5. The number of hydrogen-bond donors (Lipinski definition) is 2. The molecule has 0 spiro atoms. The summed E-state index contributed by atoms with van der Waals surface area (Å²) >= 11 is 1.84. The number of fused-ring (bicyclic) bond motifs is 7. The zero-order valence-electron chi connectivity index (χ0n) is 27.0. The molecule has 0 amide bonds. The molecule has 0 fully saturated rings. The Labute approximate surface area is 293 Å². The molecule has 2 unspecified atom stereocenters. The molecule has 5 heteroatoms. The molecule has 0 aliphatic carbocycles. The van der Waals surface area contributed by atoms with E-state index in [1.165, 1.54) is 42.4 Å². The lowest BCUT2D eigenvalue weighted by Gasteiger charge is -2.21. The van der Waals surface area contributed by atoms with Crippen LogP contribution >= 0.6 is 11.3 Å². The largest absolute Gasteiger partial charge is 0.455 e. The van der Waals surface area contributed by atoms with E-state index < -0.39 is 0 Å². The second-order valence-electron chi connectivity index (χ2n) is 12.8. The van der Waals surface area contributed by atoms with Gasteiger partial charge in [-0.05, 0) is 82.7 Å². The molecule has 8 aromatic rings. The highest BCUT2D eigenvalue weighted by atomic mass is 32.1. The minimum absolute atomic E-state index is 0.0290. The third kappa shape index (κ3) is 4.86. The smallest absolute Gasteiger partial charge is 0.144 e. The van der Waals surface area contributed by atoms with Crippen LogP contribution < -0.4 is 10.6 Å². The first kappa shape index (κ1) is 28.8. The van der Waals surface area contributed by atoms with Crippen LogP contribution in [0.4, 0.5) is 0 Å². The van der Waals surface area contributed by atoms with Crippen molar-refractivity contribution in [1.82, 2.24) is 15.6 Å². The number of furan rings is 1. The van der Waals surface area contributed by atoms with Gasteiger partial charge in [0.25, 0.3) is 0 Å². The molecule has 0 radical (unpaired) electrons. The summed E-state index contributed by atoms with van der Waals surface area (Å²) in [6.07, 6.45) is 16.4. The number of aromatic nitrogens is 1. The predicted molar refractivity (Wildman–Crippen MR) is 209 cm³/mol. The Morgan fingerprint density at radius 3 is 1.76 bits per heavy atom. The Morgan fingerprint density at radius 1 is 0.540 bits per heavy atom. The first-order chi connectivity index (χ1) is 24.8. The second kappa shape index (κ2) is 11.8. The number of nitrogens with one attached hydrogen (secondary N) is 2. The van der Waals surface area contributed by atoms with Crippen LogP contribution in [0.3, 0.4) is 0 Å². The van der Waals surface area contributed by atoms with Gasteiger partial charge in [-0.15, -0.1) is 11.3 Å². The highest BCUT2D eigenvalue weighted by Gasteiger charge is 2.20. The van der Waals surface area contributed by atoms with E-state index in [0.29, 0.717) is 0 Å². The first-order valence-corrected chi connectivity index (χ1v) is 17.8. The molecule has 0 saturated heterocycles. The van der Waals surface area contributed by atoms with Gasteiger partial charge in [-0.2, -0.15) is 0 Å². The van der Waals surface area contributed by atoms with Crippen LogP contribution in [0.1, 0.15) is 23.5 Å². The van der Waals surface area contributed by atoms with Gasteiger partial charge < -0.3 is 15.1 Å². The van der Waals surface area contributed by atoms with Gasteiger partial charge in [0.15, 0.2) is 0 Å². The number of dihydropyridines is 2. The zero-order chi connectivity index (χ0) is 33.0. The summed E-state index contributed by atoms with van der Waals surface area (Å²) < 4.78 is 9.03.